The number of aromatic amines is 1. The maximum Gasteiger partial charge on any atom is 0.155 e. The molecular formula is C20H25ClN6. The summed E-state index contributed by atoms with van der Waals surface area (Å²) in [5, 5.41) is 6.98. The molecule has 3 aromatic rings. The lowest BCUT2D eigenvalue weighted by atomic mass is 10.1. The number of nitrogens with zero attached hydrogens (tertiary/aromatic N) is 5. The van der Waals surface area contributed by atoms with Crippen LogP contribution in [-0.4, -0.2) is 51.2 Å². The van der Waals surface area contributed by atoms with Crippen LogP contribution < -0.4 is 4.90 Å². The van der Waals surface area contributed by atoms with Gasteiger partial charge < -0.3 is 4.90 Å². The van der Waals surface area contributed by atoms with E-state index in [-0.39, 0.29) is 12.4 Å². The van der Waals surface area contributed by atoms with Crippen molar-refractivity contribution < 1.29 is 0 Å². The van der Waals surface area contributed by atoms with Crippen molar-refractivity contribution in [1.29, 1.82) is 0 Å². The molecule has 4 rings (SSSR count). The molecule has 3 heterocycles. The second-order valence-corrected chi connectivity index (χ2v) is 6.83. The summed E-state index contributed by atoms with van der Waals surface area (Å²) in [6.45, 7) is 8.22. The van der Waals surface area contributed by atoms with Gasteiger partial charge in [0.15, 0.2) is 5.82 Å². The van der Waals surface area contributed by atoms with Crippen LogP contribution in [0.1, 0.15) is 24.1 Å². The van der Waals surface area contributed by atoms with Gasteiger partial charge in [0.2, 0.25) is 0 Å². The van der Waals surface area contributed by atoms with Crippen LogP contribution in [-0.2, 0) is 0 Å². The Bertz CT molecular complexity index is 858. The molecule has 0 radical (unpaired) electrons. The second kappa shape index (κ2) is 8.50. The van der Waals surface area contributed by atoms with E-state index in [9.17, 15) is 0 Å². The van der Waals surface area contributed by atoms with Crippen LogP contribution in [0.15, 0.2) is 49.1 Å². The Labute approximate surface area is 166 Å². The van der Waals surface area contributed by atoms with Crippen LogP contribution in [0.4, 0.5) is 5.82 Å². The third-order valence-electron chi connectivity index (χ3n) is 5.13. The molecule has 1 unspecified atom stereocenters. The van der Waals surface area contributed by atoms with Crippen molar-refractivity contribution in [3.63, 3.8) is 0 Å². The number of rotatable bonds is 4. The number of aromatic nitrogens is 4. The van der Waals surface area contributed by atoms with E-state index in [4.69, 9.17) is 0 Å². The lowest BCUT2D eigenvalue weighted by molar-refractivity contribution is 0.198. The average molecular weight is 385 g/mol. The zero-order valence-electron chi connectivity index (χ0n) is 15.7. The smallest absolute Gasteiger partial charge is 0.155 e. The fourth-order valence-electron chi connectivity index (χ4n) is 3.58. The predicted octanol–water partition coefficient (Wildman–Crippen LogP) is 3.48. The zero-order valence-corrected chi connectivity index (χ0v) is 16.5. The Morgan fingerprint density at radius 3 is 2.56 bits per heavy atom. The highest BCUT2D eigenvalue weighted by atomic mass is 35.5. The first kappa shape index (κ1) is 19.3. The van der Waals surface area contributed by atoms with Gasteiger partial charge in [0.25, 0.3) is 0 Å². The van der Waals surface area contributed by atoms with Gasteiger partial charge in [-0.25, -0.2) is 4.98 Å². The molecule has 1 aliphatic heterocycles. The molecule has 0 saturated carbocycles. The minimum atomic E-state index is 0. The van der Waals surface area contributed by atoms with Gasteiger partial charge in [-0.05, 0) is 19.9 Å². The summed E-state index contributed by atoms with van der Waals surface area (Å²) < 4.78 is 0. The lowest BCUT2D eigenvalue weighted by Gasteiger charge is -2.38. The molecule has 142 valence electrons. The summed E-state index contributed by atoms with van der Waals surface area (Å²) in [6, 6.07) is 8.83. The number of hydrogen-bond donors (Lipinski definition) is 1. The van der Waals surface area contributed by atoms with Gasteiger partial charge in [-0.15, -0.1) is 12.4 Å². The highest BCUT2D eigenvalue weighted by molar-refractivity contribution is 5.85. The molecule has 1 aromatic carbocycles. The highest BCUT2D eigenvalue weighted by Gasteiger charge is 2.25. The van der Waals surface area contributed by atoms with Crippen LogP contribution in [0.25, 0.3) is 11.3 Å². The van der Waals surface area contributed by atoms with Gasteiger partial charge in [-0.1, -0.05) is 23.8 Å². The monoisotopic (exact) mass is 384 g/mol. The van der Waals surface area contributed by atoms with Gasteiger partial charge in [-0.3, -0.25) is 15.0 Å². The van der Waals surface area contributed by atoms with Gasteiger partial charge in [-0.2, -0.15) is 5.10 Å². The van der Waals surface area contributed by atoms with Gasteiger partial charge in [0.1, 0.15) is 5.69 Å². The van der Waals surface area contributed by atoms with E-state index in [0.717, 1.165) is 43.3 Å². The Kier molecular flexibility index (Phi) is 6.08. The van der Waals surface area contributed by atoms with Crippen molar-refractivity contribution in [2.24, 2.45) is 0 Å². The topological polar surface area (TPSA) is 60.9 Å². The number of nitrogens with one attached hydrogen (secondary N) is 1. The molecule has 1 fully saturated rings. The standard InChI is InChI=1S/C20H24N6.ClH/c1-15-4-3-5-17(12-15)19-20(22-7-6-21-19)26-10-8-25(9-11-26)16(2)18-13-23-24-14-18;/h3-7,12-14,16H,8-11H2,1-2H3,(H,23,24);1H. The first-order valence-electron chi connectivity index (χ1n) is 9.08. The van der Waals surface area contributed by atoms with Crippen molar-refractivity contribution in [3.05, 3.63) is 60.2 Å². The summed E-state index contributed by atoms with van der Waals surface area (Å²) in [5.74, 6) is 0.980. The van der Waals surface area contributed by atoms with Crippen molar-refractivity contribution in [3.8, 4) is 11.3 Å². The molecule has 1 N–H and O–H groups in total. The SMILES string of the molecule is Cc1cccc(-c2nccnc2N2CCN(C(C)c3cn[nH]c3)CC2)c1.Cl. The molecule has 2 aromatic heterocycles. The molecule has 0 spiro atoms. The minimum absolute atomic E-state index is 0. The third kappa shape index (κ3) is 4.12. The lowest BCUT2D eigenvalue weighted by Crippen LogP contribution is -2.47. The fraction of sp³-hybridized carbons (Fsp3) is 0.350. The van der Waals surface area contributed by atoms with E-state index >= 15 is 0 Å². The maximum absolute atomic E-state index is 4.66. The van der Waals surface area contributed by atoms with Crippen LogP contribution in [0.2, 0.25) is 0 Å². The molecule has 0 amide bonds. The van der Waals surface area contributed by atoms with Crippen LogP contribution >= 0.6 is 12.4 Å². The molecule has 7 heteroatoms. The largest absolute Gasteiger partial charge is 0.352 e. The quantitative estimate of drug-likeness (QED) is 0.746. The Balaban J connectivity index is 0.00000210. The molecule has 1 aliphatic rings. The Morgan fingerprint density at radius 2 is 1.85 bits per heavy atom. The third-order valence-corrected chi connectivity index (χ3v) is 5.13. The van der Waals surface area contributed by atoms with E-state index in [1.54, 1.807) is 12.4 Å². The molecule has 1 saturated heterocycles. The maximum atomic E-state index is 4.66. The van der Waals surface area contributed by atoms with Crippen molar-refractivity contribution >= 4 is 18.2 Å². The number of anilines is 1. The minimum Gasteiger partial charge on any atom is -0.352 e. The van der Waals surface area contributed by atoms with Crippen molar-refractivity contribution in [2.45, 2.75) is 19.9 Å². The zero-order chi connectivity index (χ0) is 17.9. The summed E-state index contributed by atoms with van der Waals surface area (Å²) in [6.07, 6.45) is 7.46. The number of H-pyrrole nitrogens is 1. The number of halogens is 1. The first-order chi connectivity index (χ1) is 12.7. The van der Waals surface area contributed by atoms with Gasteiger partial charge in [0, 0.05) is 61.9 Å². The molecular weight excluding hydrogens is 360 g/mol. The number of hydrogen-bond acceptors (Lipinski definition) is 5. The van der Waals surface area contributed by atoms with Crippen LogP contribution in [0.5, 0.6) is 0 Å². The fourth-order valence-corrected chi connectivity index (χ4v) is 3.58. The Morgan fingerprint density at radius 1 is 1.07 bits per heavy atom. The average Bonchev–Trinajstić information content (AvgIpc) is 3.22. The van der Waals surface area contributed by atoms with E-state index in [1.807, 2.05) is 12.4 Å². The summed E-state index contributed by atoms with van der Waals surface area (Å²) in [4.78, 5) is 14.1. The second-order valence-electron chi connectivity index (χ2n) is 6.83. The number of aryl methyl sites for hydroxylation is 1. The van der Waals surface area contributed by atoms with E-state index in [1.165, 1.54) is 11.1 Å². The predicted molar refractivity (Wildman–Crippen MR) is 110 cm³/mol. The highest BCUT2D eigenvalue weighted by Crippen LogP contribution is 2.29. The van der Waals surface area contributed by atoms with Crippen LogP contribution in [0.3, 0.4) is 0 Å². The Hall–Kier alpha value is -2.44. The van der Waals surface area contributed by atoms with Crippen molar-refractivity contribution in [2.75, 3.05) is 31.1 Å². The van der Waals surface area contributed by atoms with E-state index in [0.29, 0.717) is 6.04 Å². The summed E-state index contributed by atoms with van der Waals surface area (Å²) in [7, 11) is 0. The number of piperazine rings is 1. The van der Waals surface area contributed by atoms with Gasteiger partial charge >= 0.3 is 0 Å². The number of benzene rings is 1. The van der Waals surface area contributed by atoms with Crippen LogP contribution in [0, 0.1) is 6.92 Å². The molecule has 0 aliphatic carbocycles. The summed E-state index contributed by atoms with van der Waals surface area (Å²) in [5.41, 5.74) is 4.56. The molecule has 0 bridgehead atoms. The molecule has 6 nitrogen and oxygen atoms in total. The normalized spacial score (nSPS) is 16.0. The van der Waals surface area contributed by atoms with E-state index < -0.39 is 0 Å². The molecule has 27 heavy (non-hydrogen) atoms. The van der Waals surface area contributed by atoms with Crippen molar-refractivity contribution in [1.82, 2.24) is 25.1 Å². The van der Waals surface area contributed by atoms with E-state index in [2.05, 4.69) is 68.1 Å². The first-order valence-corrected chi connectivity index (χ1v) is 9.08. The van der Waals surface area contributed by atoms with Gasteiger partial charge in [0.05, 0.1) is 6.20 Å². The summed E-state index contributed by atoms with van der Waals surface area (Å²) >= 11 is 0. The molecule has 1 atom stereocenters.